The number of aromatic amines is 1. The van der Waals surface area contributed by atoms with E-state index in [2.05, 4.69) is 52.8 Å². The third-order valence-corrected chi connectivity index (χ3v) is 6.89. The molecule has 146 valence electrons. The number of amides is 2. The van der Waals surface area contributed by atoms with Gasteiger partial charge in [0.1, 0.15) is 0 Å². The summed E-state index contributed by atoms with van der Waals surface area (Å²) in [5, 5.41) is 5.01. The fourth-order valence-electron chi connectivity index (χ4n) is 5.05. The summed E-state index contributed by atoms with van der Waals surface area (Å²) in [6.45, 7) is 2.26. The summed E-state index contributed by atoms with van der Waals surface area (Å²) < 4.78 is 0. The summed E-state index contributed by atoms with van der Waals surface area (Å²) in [5.41, 5.74) is 5.35. The number of carbonyl (C=O) groups excluding carboxylic acids is 2. The normalized spacial score (nSPS) is 25.6. The molecule has 7 heteroatoms. The second-order valence-corrected chi connectivity index (χ2v) is 8.86. The van der Waals surface area contributed by atoms with Gasteiger partial charge < -0.3 is 4.98 Å². The predicted octanol–water partition coefficient (Wildman–Crippen LogP) is 1.72. The van der Waals surface area contributed by atoms with Crippen LogP contribution in [0.4, 0.5) is 0 Å². The zero-order valence-electron chi connectivity index (χ0n) is 16.1. The molecule has 5 rings (SSSR count). The number of benzene rings is 1. The van der Waals surface area contributed by atoms with Crippen LogP contribution in [0.3, 0.4) is 0 Å². The maximum absolute atomic E-state index is 11.7. The minimum Gasteiger partial charge on any atom is -0.349 e. The Morgan fingerprint density at radius 3 is 2.75 bits per heavy atom. The van der Waals surface area contributed by atoms with Crippen molar-refractivity contribution in [2.24, 2.45) is 5.92 Å². The molecule has 1 aromatic heterocycles. The summed E-state index contributed by atoms with van der Waals surface area (Å²) in [6, 6.07) is 6.89. The Morgan fingerprint density at radius 2 is 2.00 bits per heavy atom. The van der Waals surface area contributed by atoms with Crippen molar-refractivity contribution in [3.05, 3.63) is 35.4 Å². The number of piperazine rings is 1. The highest BCUT2D eigenvalue weighted by molar-refractivity contribution is 7.98. The molecule has 0 saturated carbocycles. The molecular weight excluding hydrogens is 372 g/mol. The summed E-state index contributed by atoms with van der Waals surface area (Å²) in [4.78, 5) is 31.4. The van der Waals surface area contributed by atoms with Gasteiger partial charge in [-0.25, -0.2) is 0 Å². The van der Waals surface area contributed by atoms with Crippen LogP contribution in [0.2, 0.25) is 0 Å². The van der Waals surface area contributed by atoms with Gasteiger partial charge in [0, 0.05) is 36.0 Å². The molecule has 1 fully saturated rings. The Morgan fingerprint density at radius 1 is 1.21 bits per heavy atom. The van der Waals surface area contributed by atoms with Gasteiger partial charge in [-0.15, -0.1) is 11.8 Å². The lowest BCUT2D eigenvalue weighted by atomic mass is 9.80. The van der Waals surface area contributed by atoms with Crippen molar-refractivity contribution in [3.8, 4) is 0 Å². The van der Waals surface area contributed by atoms with Crippen molar-refractivity contribution in [2.45, 2.75) is 17.5 Å². The van der Waals surface area contributed by atoms with Gasteiger partial charge in [-0.2, -0.15) is 0 Å². The number of H-pyrrole nitrogens is 1. The lowest BCUT2D eigenvalue weighted by molar-refractivity contribution is -0.136. The molecule has 1 aromatic carbocycles. The minimum atomic E-state index is -0.199. The average molecular weight is 397 g/mol. The number of fused-ring (bicyclic) bond motifs is 2. The Balaban J connectivity index is 1.51. The summed E-state index contributed by atoms with van der Waals surface area (Å²) in [5.74, 6) is -0.101. The van der Waals surface area contributed by atoms with Crippen LogP contribution in [0.15, 0.2) is 29.3 Å². The lowest BCUT2D eigenvalue weighted by Gasteiger charge is -2.41. The average Bonchev–Trinajstić information content (AvgIpc) is 3.01. The second kappa shape index (κ2) is 6.76. The van der Waals surface area contributed by atoms with E-state index in [4.69, 9.17) is 0 Å². The topological polar surface area (TPSA) is 68.4 Å². The zero-order valence-corrected chi connectivity index (χ0v) is 16.9. The molecule has 2 aromatic rings. The van der Waals surface area contributed by atoms with E-state index in [0.717, 1.165) is 19.5 Å². The first-order valence-electron chi connectivity index (χ1n) is 9.68. The number of nitrogens with one attached hydrogen (secondary N) is 2. The van der Waals surface area contributed by atoms with E-state index in [1.54, 1.807) is 11.8 Å². The molecule has 3 heterocycles. The van der Waals surface area contributed by atoms with Crippen LogP contribution >= 0.6 is 11.8 Å². The van der Waals surface area contributed by atoms with Gasteiger partial charge in [0.05, 0.1) is 18.1 Å². The summed E-state index contributed by atoms with van der Waals surface area (Å²) >= 11 is 1.78. The van der Waals surface area contributed by atoms with Gasteiger partial charge in [-0.05, 0) is 42.5 Å². The van der Waals surface area contributed by atoms with Gasteiger partial charge in [0.2, 0.25) is 11.8 Å². The molecule has 0 radical (unpaired) electrons. The Labute approximate surface area is 168 Å². The standard InChI is InChI=1S/C21H24N4O2S/c1-24-8-12(9-25-10-18(26)23-19(27)11-25)6-14-13-4-3-5-16-20(13)15(7-17(14)24)21(22-16)28-2/h3-6,12,17,22H,7-11H2,1-2H3,(H,23,26,27)/t12-,17-/m1/s1. The molecule has 6 nitrogen and oxygen atoms in total. The molecule has 2 atom stereocenters. The van der Waals surface area contributed by atoms with Crippen molar-refractivity contribution in [2.75, 3.05) is 39.5 Å². The van der Waals surface area contributed by atoms with Gasteiger partial charge in [-0.3, -0.25) is 24.7 Å². The number of carbonyl (C=O) groups is 2. The van der Waals surface area contributed by atoms with Crippen molar-refractivity contribution in [1.29, 1.82) is 0 Å². The second-order valence-electron chi connectivity index (χ2n) is 8.05. The SMILES string of the molecule is CSc1[nH]c2cccc3c2c1C[C@@H]1C3=C[C@@H](CN2CC(=O)NC(=O)C2)CN1C. The third-order valence-electron chi connectivity index (χ3n) is 6.14. The molecule has 2 amide bonds. The van der Waals surface area contributed by atoms with Crippen molar-refractivity contribution in [1.82, 2.24) is 20.1 Å². The van der Waals surface area contributed by atoms with Gasteiger partial charge >= 0.3 is 0 Å². The molecular formula is C21H24N4O2S. The number of thioether (sulfide) groups is 1. The number of aromatic nitrogens is 1. The summed E-state index contributed by atoms with van der Waals surface area (Å²) in [6.07, 6.45) is 5.54. The lowest BCUT2D eigenvalue weighted by Crippen LogP contribution is -2.53. The predicted molar refractivity (Wildman–Crippen MR) is 111 cm³/mol. The number of hydrogen-bond donors (Lipinski definition) is 2. The first-order chi connectivity index (χ1) is 13.5. The first-order valence-corrected chi connectivity index (χ1v) is 10.9. The van der Waals surface area contributed by atoms with E-state index in [1.165, 1.54) is 32.6 Å². The van der Waals surface area contributed by atoms with Crippen molar-refractivity contribution in [3.63, 3.8) is 0 Å². The van der Waals surface area contributed by atoms with E-state index in [1.807, 2.05) is 4.90 Å². The first kappa shape index (κ1) is 18.0. The van der Waals surface area contributed by atoms with Crippen LogP contribution in [0, 0.1) is 5.92 Å². The zero-order chi connectivity index (χ0) is 19.4. The number of hydrogen-bond acceptors (Lipinski definition) is 5. The minimum absolute atomic E-state index is 0.199. The highest BCUT2D eigenvalue weighted by Crippen LogP contribution is 2.43. The highest BCUT2D eigenvalue weighted by Gasteiger charge is 2.36. The fourth-order valence-corrected chi connectivity index (χ4v) is 5.69. The van der Waals surface area contributed by atoms with Gasteiger partial charge in [0.15, 0.2) is 0 Å². The summed E-state index contributed by atoms with van der Waals surface area (Å²) in [7, 11) is 2.19. The van der Waals surface area contributed by atoms with E-state index in [0.29, 0.717) is 25.0 Å². The van der Waals surface area contributed by atoms with E-state index in [9.17, 15) is 9.59 Å². The Bertz CT molecular complexity index is 995. The van der Waals surface area contributed by atoms with Crippen LogP contribution in [0.5, 0.6) is 0 Å². The highest BCUT2D eigenvalue weighted by atomic mass is 32.2. The van der Waals surface area contributed by atoms with Crippen LogP contribution in [-0.2, 0) is 16.0 Å². The number of likely N-dealkylation sites (N-methyl/N-ethyl adjacent to an activating group) is 1. The maximum atomic E-state index is 11.7. The number of imide groups is 1. The molecule has 0 spiro atoms. The van der Waals surface area contributed by atoms with E-state index in [-0.39, 0.29) is 11.8 Å². The van der Waals surface area contributed by atoms with Crippen LogP contribution in [0.1, 0.15) is 11.1 Å². The number of rotatable bonds is 3. The largest absolute Gasteiger partial charge is 0.349 e. The van der Waals surface area contributed by atoms with Crippen LogP contribution in [0.25, 0.3) is 16.5 Å². The van der Waals surface area contributed by atoms with E-state index >= 15 is 0 Å². The van der Waals surface area contributed by atoms with Gasteiger partial charge in [-0.1, -0.05) is 18.2 Å². The maximum Gasteiger partial charge on any atom is 0.240 e. The van der Waals surface area contributed by atoms with Crippen molar-refractivity contribution < 1.29 is 9.59 Å². The molecule has 0 bridgehead atoms. The Hall–Kier alpha value is -2.09. The van der Waals surface area contributed by atoms with Crippen LogP contribution in [-0.4, -0.2) is 72.1 Å². The third kappa shape index (κ3) is 2.89. The molecule has 1 aliphatic carbocycles. The van der Waals surface area contributed by atoms with E-state index < -0.39 is 0 Å². The molecule has 2 N–H and O–H groups in total. The number of nitrogens with zero attached hydrogens (tertiary/aromatic N) is 2. The fraction of sp³-hybridized carbons (Fsp3) is 0.429. The molecule has 1 saturated heterocycles. The monoisotopic (exact) mass is 396 g/mol. The van der Waals surface area contributed by atoms with Crippen molar-refractivity contribution >= 4 is 40.1 Å². The Kier molecular flexibility index (Phi) is 4.34. The quantitative estimate of drug-likeness (QED) is 0.611. The molecule has 3 aliphatic rings. The van der Waals surface area contributed by atoms with Crippen LogP contribution < -0.4 is 5.32 Å². The molecule has 2 aliphatic heterocycles. The molecule has 0 unspecified atom stereocenters. The molecule has 28 heavy (non-hydrogen) atoms. The van der Waals surface area contributed by atoms with Gasteiger partial charge in [0.25, 0.3) is 0 Å². The smallest absolute Gasteiger partial charge is 0.240 e.